The van der Waals surface area contributed by atoms with Crippen molar-refractivity contribution in [2.24, 2.45) is 5.16 Å². The Morgan fingerprint density at radius 1 is 1.60 bits per heavy atom. The molecule has 0 unspecified atom stereocenters. The van der Waals surface area contributed by atoms with E-state index < -0.39 is 5.82 Å². The molecular weight excluding hydrogens is 232 g/mol. The molecule has 0 aliphatic carbocycles. The second-order valence-corrected chi connectivity index (χ2v) is 2.82. The van der Waals surface area contributed by atoms with Crippen molar-refractivity contribution in [1.82, 2.24) is 0 Å². The van der Waals surface area contributed by atoms with Gasteiger partial charge in [0.05, 0.1) is 10.7 Å². The molecule has 4 nitrogen and oxygen atoms in total. The van der Waals surface area contributed by atoms with E-state index in [2.05, 4.69) is 5.16 Å². The van der Waals surface area contributed by atoms with Gasteiger partial charge in [-0.3, -0.25) is 0 Å². The summed E-state index contributed by atoms with van der Waals surface area (Å²) in [6, 6.07) is 3.68. The van der Waals surface area contributed by atoms with Gasteiger partial charge in [0, 0.05) is 35.1 Å². The second-order valence-electron chi connectivity index (χ2n) is 2.41. The molecule has 15 heavy (non-hydrogen) atoms. The summed E-state index contributed by atoms with van der Waals surface area (Å²) < 4.78 is 12.8. The molecule has 0 spiro atoms. The summed E-state index contributed by atoms with van der Waals surface area (Å²) in [5, 5.41) is 19.6. The topological polar surface area (TPSA) is 82.4 Å². The van der Waals surface area contributed by atoms with E-state index in [1.807, 2.05) is 0 Å². The third kappa shape index (κ3) is 3.08. The number of benzene rings is 1. The van der Waals surface area contributed by atoms with Crippen molar-refractivity contribution in [3.05, 3.63) is 28.5 Å². The Morgan fingerprint density at radius 2 is 2.20 bits per heavy atom. The molecule has 0 saturated carbocycles. The number of oxime groups is 1. The monoisotopic (exact) mass is 236 g/mol. The fraction of sp³-hybridized carbons (Fsp3) is 0. The standard InChI is InChI=1S/C8H5ClFN3O.Na/c9-5-2-6(10)7(12)1-4(5)8(3-11)13-14;/h1-2,14H,12H2;. The van der Waals surface area contributed by atoms with Gasteiger partial charge < -0.3 is 10.9 Å². The molecule has 0 heterocycles. The third-order valence-corrected chi connectivity index (χ3v) is 1.86. The summed E-state index contributed by atoms with van der Waals surface area (Å²) in [4.78, 5) is 0. The van der Waals surface area contributed by atoms with Crippen LogP contribution >= 0.6 is 11.6 Å². The van der Waals surface area contributed by atoms with E-state index >= 15 is 0 Å². The maximum atomic E-state index is 12.8. The predicted molar refractivity (Wildman–Crippen MR) is 55.5 cm³/mol. The van der Waals surface area contributed by atoms with Crippen LogP contribution in [0.5, 0.6) is 0 Å². The fourth-order valence-electron chi connectivity index (χ4n) is 0.884. The SMILES string of the molecule is N#CC(=NO)c1cc(N)c(F)cc1Cl.[Na]. The molecule has 1 aromatic carbocycles. The first-order valence-electron chi connectivity index (χ1n) is 3.47. The van der Waals surface area contributed by atoms with Gasteiger partial charge in [0.1, 0.15) is 11.9 Å². The zero-order valence-electron chi connectivity index (χ0n) is 7.83. The normalized spacial score (nSPS) is 10.3. The van der Waals surface area contributed by atoms with E-state index in [-0.39, 0.29) is 51.5 Å². The van der Waals surface area contributed by atoms with Gasteiger partial charge in [0.25, 0.3) is 0 Å². The fourth-order valence-corrected chi connectivity index (χ4v) is 1.12. The average molecular weight is 237 g/mol. The Kier molecular flexibility index (Phi) is 5.61. The van der Waals surface area contributed by atoms with E-state index in [9.17, 15) is 4.39 Å². The third-order valence-electron chi connectivity index (χ3n) is 1.55. The number of nitrogens with zero attached hydrogens (tertiary/aromatic N) is 2. The maximum Gasteiger partial charge on any atom is 0.188 e. The molecule has 0 aliphatic rings. The Bertz CT molecular complexity index is 444. The van der Waals surface area contributed by atoms with Crippen LogP contribution in [0.2, 0.25) is 5.02 Å². The number of hydrogen-bond acceptors (Lipinski definition) is 4. The number of anilines is 1. The van der Waals surface area contributed by atoms with Gasteiger partial charge in [0.15, 0.2) is 5.71 Å². The molecule has 1 aromatic rings. The van der Waals surface area contributed by atoms with Crippen LogP contribution in [0, 0.1) is 17.1 Å². The van der Waals surface area contributed by atoms with Crippen LogP contribution in [0.1, 0.15) is 5.56 Å². The molecule has 0 fully saturated rings. The number of halogens is 2. The van der Waals surface area contributed by atoms with Crippen LogP contribution in [-0.2, 0) is 0 Å². The van der Waals surface area contributed by atoms with E-state index in [1.165, 1.54) is 0 Å². The summed E-state index contributed by atoms with van der Waals surface area (Å²) in [6.45, 7) is 0. The largest absolute Gasteiger partial charge is 0.410 e. The molecule has 73 valence electrons. The van der Waals surface area contributed by atoms with Crippen molar-refractivity contribution in [2.45, 2.75) is 0 Å². The van der Waals surface area contributed by atoms with Crippen molar-refractivity contribution in [2.75, 3.05) is 5.73 Å². The summed E-state index contributed by atoms with van der Waals surface area (Å²) in [5.74, 6) is -0.686. The summed E-state index contributed by atoms with van der Waals surface area (Å²) >= 11 is 5.62. The van der Waals surface area contributed by atoms with Crippen molar-refractivity contribution in [3.8, 4) is 6.07 Å². The molecular formula is C8H5ClFN3NaO. The quantitative estimate of drug-likeness (QED) is 0.254. The van der Waals surface area contributed by atoms with Crippen molar-refractivity contribution in [1.29, 1.82) is 5.26 Å². The zero-order chi connectivity index (χ0) is 10.7. The molecule has 7 heteroatoms. The Labute approximate surface area is 112 Å². The first-order chi connectivity index (χ1) is 6.60. The molecule has 0 bridgehead atoms. The first-order valence-corrected chi connectivity index (χ1v) is 3.85. The van der Waals surface area contributed by atoms with E-state index in [0.717, 1.165) is 12.1 Å². The van der Waals surface area contributed by atoms with Gasteiger partial charge in [-0.15, -0.1) is 0 Å². The smallest absolute Gasteiger partial charge is 0.188 e. The molecule has 1 radical (unpaired) electrons. The van der Waals surface area contributed by atoms with Gasteiger partial charge >= 0.3 is 0 Å². The van der Waals surface area contributed by atoms with Gasteiger partial charge in [-0.1, -0.05) is 16.8 Å². The van der Waals surface area contributed by atoms with E-state index in [0.29, 0.717) is 0 Å². The number of nitrogens with two attached hydrogens (primary N) is 1. The van der Waals surface area contributed by atoms with Crippen molar-refractivity contribution >= 4 is 52.6 Å². The maximum absolute atomic E-state index is 12.8. The van der Waals surface area contributed by atoms with E-state index in [1.54, 1.807) is 6.07 Å². The van der Waals surface area contributed by atoms with Gasteiger partial charge in [-0.2, -0.15) is 5.26 Å². The van der Waals surface area contributed by atoms with Crippen LogP contribution in [-0.4, -0.2) is 40.5 Å². The molecule has 0 amide bonds. The summed E-state index contributed by atoms with van der Waals surface area (Å²) in [6.07, 6.45) is 0. The molecule has 3 N–H and O–H groups in total. The second kappa shape index (κ2) is 5.93. The minimum Gasteiger partial charge on any atom is -0.410 e. The molecule has 0 saturated heterocycles. The number of rotatable bonds is 1. The number of hydrogen-bond donors (Lipinski definition) is 2. The van der Waals surface area contributed by atoms with Crippen LogP contribution < -0.4 is 5.73 Å². The Hall–Kier alpha value is -0.800. The van der Waals surface area contributed by atoms with Crippen molar-refractivity contribution in [3.63, 3.8) is 0 Å². The van der Waals surface area contributed by atoms with Gasteiger partial charge in [-0.05, 0) is 12.1 Å². The van der Waals surface area contributed by atoms with Crippen LogP contribution in [0.25, 0.3) is 0 Å². The molecule has 0 aliphatic heterocycles. The molecule has 1 rings (SSSR count). The Balaban J connectivity index is 0.00000196. The van der Waals surface area contributed by atoms with Gasteiger partial charge in [0.2, 0.25) is 0 Å². The van der Waals surface area contributed by atoms with E-state index in [4.69, 9.17) is 27.8 Å². The average Bonchev–Trinajstić information content (AvgIpc) is 2.15. The number of nitriles is 1. The predicted octanol–water partition coefficient (Wildman–Crippen LogP) is 1.38. The first kappa shape index (κ1) is 14.2. The van der Waals surface area contributed by atoms with Crippen LogP contribution in [0.4, 0.5) is 10.1 Å². The molecule has 0 aromatic heterocycles. The Morgan fingerprint density at radius 3 is 2.67 bits per heavy atom. The van der Waals surface area contributed by atoms with Crippen LogP contribution in [0.3, 0.4) is 0 Å². The minimum absolute atomic E-state index is 0. The number of nitrogen functional groups attached to an aromatic ring is 1. The molecule has 0 atom stereocenters. The minimum atomic E-state index is -0.686. The van der Waals surface area contributed by atoms with Crippen molar-refractivity contribution < 1.29 is 9.60 Å². The van der Waals surface area contributed by atoms with Gasteiger partial charge in [-0.25, -0.2) is 4.39 Å². The van der Waals surface area contributed by atoms with Crippen LogP contribution in [0.15, 0.2) is 17.3 Å². The summed E-state index contributed by atoms with van der Waals surface area (Å²) in [7, 11) is 0. The summed E-state index contributed by atoms with van der Waals surface area (Å²) in [5.41, 5.74) is 4.87. The zero-order valence-corrected chi connectivity index (χ0v) is 10.6.